The Hall–Kier alpha value is -0.611. The molecule has 20 heavy (non-hydrogen) atoms. The van der Waals surface area contributed by atoms with E-state index in [4.69, 9.17) is 9.84 Å². The molecule has 0 aromatic carbocycles. The molecule has 0 aliphatic carbocycles. The van der Waals surface area contributed by atoms with Gasteiger partial charge in [0.15, 0.2) is 0 Å². The molecule has 3 heterocycles. The molecular formula is C10H11BrN4O4Se. The maximum atomic E-state index is 10.0. The summed E-state index contributed by atoms with van der Waals surface area (Å²) < 4.78 is 8.01. The number of hydrogen-bond acceptors (Lipinski definition) is 7. The number of aliphatic hydroxyl groups excluding tert-OH is 3. The van der Waals surface area contributed by atoms with Crippen molar-refractivity contribution in [3.63, 3.8) is 0 Å². The first-order chi connectivity index (χ1) is 9.54. The molecule has 0 radical (unpaired) electrons. The van der Waals surface area contributed by atoms with E-state index >= 15 is 0 Å². The van der Waals surface area contributed by atoms with Crippen molar-refractivity contribution in [2.24, 2.45) is 0 Å². The van der Waals surface area contributed by atoms with Crippen LogP contribution in [0.5, 0.6) is 0 Å². The van der Waals surface area contributed by atoms with Gasteiger partial charge in [0.05, 0.1) is 0 Å². The second-order valence-corrected chi connectivity index (χ2v) is 6.00. The number of fused-ring (bicyclic) bond motifs is 1. The van der Waals surface area contributed by atoms with Gasteiger partial charge in [0.25, 0.3) is 0 Å². The molecule has 108 valence electrons. The van der Waals surface area contributed by atoms with Crippen molar-refractivity contribution in [3.8, 4) is 0 Å². The van der Waals surface area contributed by atoms with Crippen molar-refractivity contribution in [2.45, 2.75) is 24.5 Å². The van der Waals surface area contributed by atoms with Crippen LogP contribution in [0.4, 0.5) is 0 Å². The molecule has 2 aromatic rings. The van der Waals surface area contributed by atoms with E-state index in [9.17, 15) is 10.2 Å². The van der Waals surface area contributed by atoms with Gasteiger partial charge in [-0.15, -0.1) is 0 Å². The first kappa shape index (κ1) is 14.3. The average Bonchev–Trinajstić information content (AvgIpc) is 2.90. The molecule has 0 spiro atoms. The summed E-state index contributed by atoms with van der Waals surface area (Å²) in [5.74, 6) is 0. The van der Waals surface area contributed by atoms with Gasteiger partial charge in [-0.25, -0.2) is 0 Å². The summed E-state index contributed by atoms with van der Waals surface area (Å²) in [5, 5.41) is 33.9. The first-order valence-electron chi connectivity index (χ1n) is 5.74. The van der Waals surface area contributed by atoms with Crippen molar-refractivity contribution in [1.82, 2.24) is 19.7 Å². The Balaban J connectivity index is 2.10. The van der Waals surface area contributed by atoms with Gasteiger partial charge >= 0.3 is 129 Å². The van der Waals surface area contributed by atoms with Crippen LogP contribution in [0.3, 0.4) is 0 Å². The maximum absolute atomic E-state index is 10.0. The summed E-state index contributed by atoms with van der Waals surface area (Å²) in [6.07, 6.45) is -2.78. The molecule has 3 rings (SSSR count). The zero-order valence-corrected chi connectivity index (χ0v) is 13.4. The summed E-state index contributed by atoms with van der Waals surface area (Å²) in [6, 6.07) is 0. The molecule has 0 amide bonds. The van der Waals surface area contributed by atoms with E-state index < -0.39 is 24.5 Å². The van der Waals surface area contributed by atoms with Crippen LogP contribution < -0.4 is 4.59 Å². The van der Waals surface area contributed by atoms with E-state index in [1.807, 2.05) is 0 Å². The van der Waals surface area contributed by atoms with Crippen LogP contribution in [0, 0.1) is 0 Å². The number of hydrogen-bond donors (Lipinski definition) is 3. The third kappa shape index (κ3) is 2.08. The van der Waals surface area contributed by atoms with E-state index in [2.05, 4.69) is 47.0 Å². The minimum absolute atomic E-state index is 0.389. The standard InChI is InChI=1S/C10H11BrN4O4Se/c11-7-4-8(12-2-13-9(4)20)15(14-7)10-6(18)5(17)3(1-16)19-10/h2-3,5-6,10,16-18H,1H2,(H,12,13,20)/t3-,5-,6-,10?/m1/s1. The number of aliphatic hydroxyl groups is 3. The molecule has 1 aliphatic heterocycles. The van der Waals surface area contributed by atoms with E-state index in [0.29, 0.717) is 20.2 Å². The van der Waals surface area contributed by atoms with Gasteiger partial charge in [0.2, 0.25) is 0 Å². The molecule has 10 heteroatoms. The molecule has 3 N–H and O–H groups in total. The van der Waals surface area contributed by atoms with Crippen molar-refractivity contribution in [3.05, 3.63) is 10.9 Å². The fourth-order valence-electron chi connectivity index (χ4n) is 2.18. The second-order valence-electron chi connectivity index (χ2n) is 4.36. The van der Waals surface area contributed by atoms with Gasteiger partial charge in [-0.1, -0.05) is 0 Å². The number of aromatic nitrogens is 4. The van der Waals surface area contributed by atoms with Crippen LogP contribution in [0.2, 0.25) is 0 Å². The molecule has 2 aromatic heterocycles. The first-order valence-corrected chi connectivity index (χ1v) is 7.48. The van der Waals surface area contributed by atoms with Gasteiger partial charge in [-0.3, -0.25) is 0 Å². The Morgan fingerprint density at radius 3 is 2.75 bits per heavy atom. The van der Waals surface area contributed by atoms with Crippen LogP contribution in [-0.4, -0.2) is 76.0 Å². The van der Waals surface area contributed by atoms with Crippen LogP contribution in [0.15, 0.2) is 10.9 Å². The summed E-state index contributed by atoms with van der Waals surface area (Å²) in [4.78, 5) is 8.19. The van der Waals surface area contributed by atoms with Gasteiger partial charge in [0, 0.05) is 0 Å². The van der Waals surface area contributed by atoms with Crippen molar-refractivity contribution in [1.29, 1.82) is 0 Å². The van der Waals surface area contributed by atoms with Crippen molar-refractivity contribution >= 4 is 47.6 Å². The van der Waals surface area contributed by atoms with Gasteiger partial charge in [-0.2, -0.15) is 0 Å². The zero-order valence-electron chi connectivity index (χ0n) is 9.96. The molecule has 1 aliphatic rings. The van der Waals surface area contributed by atoms with Crippen LogP contribution in [0.1, 0.15) is 6.23 Å². The zero-order chi connectivity index (χ0) is 14.4. The molecule has 1 saturated heterocycles. The summed E-state index contributed by atoms with van der Waals surface area (Å²) in [7, 11) is 0. The molecule has 1 unspecified atom stereocenters. The third-order valence-electron chi connectivity index (χ3n) is 3.18. The Kier molecular flexibility index (Phi) is 3.80. The minimum atomic E-state index is -1.20. The molecule has 0 bridgehead atoms. The monoisotopic (exact) mass is 410 g/mol. The quantitative estimate of drug-likeness (QED) is 0.479. The van der Waals surface area contributed by atoms with Crippen molar-refractivity contribution < 1.29 is 20.1 Å². The Morgan fingerprint density at radius 2 is 2.10 bits per heavy atom. The van der Waals surface area contributed by atoms with Crippen molar-refractivity contribution in [2.75, 3.05) is 6.61 Å². The number of halogens is 1. The van der Waals surface area contributed by atoms with Crippen LogP contribution in [-0.2, 0) is 4.74 Å². The summed E-state index contributed by atoms with van der Waals surface area (Å²) in [5.41, 5.74) is 0.470. The fourth-order valence-corrected chi connectivity index (χ4v) is 3.59. The van der Waals surface area contributed by atoms with Gasteiger partial charge in [0.1, 0.15) is 0 Å². The normalized spacial score (nSPS) is 30.2. The van der Waals surface area contributed by atoms with Gasteiger partial charge < -0.3 is 0 Å². The van der Waals surface area contributed by atoms with Gasteiger partial charge in [-0.05, 0) is 0 Å². The number of rotatable bonds is 2. The average molecular weight is 410 g/mol. The predicted octanol–water partition coefficient (Wildman–Crippen LogP) is -2.27. The summed E-state index contributed by atoms with van der Waals surface area (Å²) in [6.45, 7) is -0.389. The molecule has 1 fully saturated rings. The van der Waals surface area contributed by atoms with E-state index in [-0.39, 0.29) is 6.61 Å². The Morgan fingerprint density at radius 1 is 1.35 bits per heavy atom. The number of nitrogens with zero attached hydrogens (tertiary/aromatic N) is 4. The van der Waals surface area contributed by atoms with Crippen LogP contribution in [0.25, 0.3) is 11.0 Å². The number of ether oxygens (including phenoxy) is 1. The SMILES string of the molecule is OC[C@H]1OC(n2nc(Br)c3c([SeH])ncnc32)[C@H](O)[C@@H]1O. The predicted molar refractivity (Wildman–Crippen MR) is 72.8 cm³/mol. The molecule has 0 saturated carbocycles. The second kappa shape index (κ2) is 5.30. The Labute approximate surface area is 129 Å². The topological polar surface area (TPSA) is 114 Å². The Bertz CT molecular complexity index is 653. The molecule has 4 atom stereocenters. The van der Waals surface area contributed by atoms with Crippen LogP contribution >= 0.6 is 15.9 Å². The van der Waals surface area contributed by atoms with E-state index in [1.54, 1.807) is 0 Å². The molecule has 8 nitrogen and oxygen atoms in total. The summed E-state index contributed by atoms with van der Waals surface area (Å²) >= 11 is 5.62. The van der Waals surface area contributed by atoms with E-state index in [0.717, 1.165) is 0 Å². The van der Waals surface area contributed by atoms with E-state index in [1.165, 1.54) is 11.0 Å². The third-order valence-corrected chi connectivity index (χ3v) is 4.45. The fraction of sp³-hybridized carbons (Fsp3) is 0.500. The molecular weight excluding hydrogens is 399 g/mol.